The Bertz CT molecular complexity index is 403. The summed E-state index contributed by atoms with van der Waals surface area (Å²) in [7, 11) is 0. The van der Waals surface area contributed by atoms with E-state index >= 15 is 0 Å². The first kappa shape index (κ1) is 18.9. The van der Waals surface area contributed by atoms with Crippen molar-refractivity contribution in [2.24, 2.45) is 0 Å². The topological polar surface area (TPSA) is 104 Å². The van der Waals surface area contributed by atoms with Gasteiger partial charge >= 0.3 is 0 Å². The Kier molecular flexibility index (Phi) is 8.37. The average molecular weight is 313 g/mol. The van der Waals surface area contributed by atoms with Gasteiger partial charge in [-0.2, -0.15) is 0 Å². The van der Waals surface area contributed by atoms with Gasteiger partial charge in [0.2, 0.25) is 0 Å². The second-order valence-corrected chi connectivity index (χ2v) is 5.43. The Morgan fingerprint density at radius 2 is 1.55 bits per heavy atom. The summed E-state index contributed by atoms with van der Waals surface area (Å²) < 4.78 is 0. The number of anilines is 1. The van der Waals surface area contributed by atoms with E-state index in [1.54, 1.807) is 0 Å². The molecule has 6 nitrogen and oxygen atoms in total. The van der Waals surface area contributed by atoms with Crippen LogP contribution in [0.5, 0.6) is 0 Å². The van der Waals surface area contributed by atoms with Crippen LogP contribution in [0.4, 0.5) is 5.69 Å². The number of benzene rings is 1. The van der Waals surface area contributed by atoms with E-state index in [4.69, 9.17) is 5.11 Å². The zero-order valence-electron chi connectivity index (χ0n) is 12.9. The molecule has 0 aliphatic rings. The summed E-state index contributed by atoms with van der Waals surface area (Å²) >= 11 is 0. The number of rotatable bonds is 10. The van der Waals surface area contributed by atoms with E-state index in [-0.39, 0.29) is 6.54 Å². The first-order valence-corrected chi connectivity index (χ1v) is 7.64. The van der Waals surface area contributed by atoms with E-state index in [9.17, 15) is 20.4 Å². The average Bonchev–Trinajstić information content (AvgIpc) is 2.56. The highest BCUT2D eigenvalue weighted by Gasteiger charge is 2.31. The lowest BCUT2D eigenvalue weighted by Gasteiger charge is -2.31. The predicted octanol–water partition coefficient (Wildman–Crippen LogP) is -0.271. The molecule has 22 heavy (non-hydrogen) atoms. The van der Waals surface area contributed by atoms with Crippen molar-refractivity contribution in [3.05, 3.63) is 30.3 Å². The third-order valence-electron chi connectivity index (χ3n) is 3.64. The van der Waals surface area contributed by atoms with Crippen LogP contribution in [0.25, 0.3) is 0 Å². The maximum Gasteiger partial charge on any atom is 0.111 e. The third-order valence-corrected chi connectivity index (χ3v) is 3.64. The van der Waals surface area contributed by atoms with Gasteiger partial charge in [-0.25, -0.2) is 0 Å². The Hall–Kier alpha value is -1.18. The van der Waals surface area contributed by atoms with Crippen molar-refractivity contribution >= 4 is 5.69 Å². The molecule has 5 N–H and O–H groups in total. The molecule has 0 heterocycles. The fraction of sp³-hybridized carbons (Fsp3) is 0.625. The van der Waals surface area contributed by atoms with E-state index in [0.29, 0.717) is 6.54 Å². The van der Waals surface area contributed by atoms with Crippen molar-refractivity contribution in [1.29, 1.82) is 0 Å². The number of unbranched alkanes of at least 4 members (excludes halogenated alkanes) is 1. The summed E-state index contributed by atoms with van der Waals surface area (Å²) in [4.78, 5) is 1.93. The Morgan fingerprint density at radius 3 is 2.09 bits per heavy atom. The molecule has 126 valence electrons. The highest BCUT2D eigenvalue weighted by molar-refractivity contribution is 5.46. The standard InChI is InChI=1S/C16H27NO5/c1-2-3-9-17(12-7-5-4-6-8-12)10-13(19)15(21)16(22)14(20)11-18/h4-8,13-16,18-22H,2-3,9-11H2,1H3/t13-,14+,15+,16+/m1/s1. The Balaban J connectivity index is 2.72. The summed E-state index contributed by atoms with van der Waals surface area (Å²) in [5.41, 5.74) is 0.916. The Morgan fingerprint density at radius 1 is 0.955 bits per heavy atom. The summed E-state index contributed by atoms with van der Waals surface area (Å²) in [6, 6.07) is 9.50. The van der Waals surface area contributed by atoms with Crippen LogP contribution >= 0.6 is 0 Å². The number of para-hydroxylation sites is 1. The van der Waals surface area contributed by atoms with Crippen molar-refractivity contribution in [3.63, 3.8) is 0 Å². The number of hydrogen-bond donors (Lipinski definition) is 5. The molecule has 0 unspecified atom stereocenters. The molecule has 0 radical (unpaired) electrons. The van der Waals surface area contributed by atoms with E-state index in [1.807, 2.05) is 35.2 Å². The maximum atomic E-state index is 10.1. The van der Waals surface area contributed by atoms with E-state index < -0.39 is 31.0 Å². The van der Waals surface area contributed by atoms with Gasteiger partial charge in [-0.05, 0) is 18.6 Å². The van der Waals surface area contributed by atoms with Crippen molar-refractivity contribution in [2.75, 3.05) is 24.6 Å². The molecule has 0 saturated heterocycles. The van der Waals surface area contributed by atoms with Gasteiger partial charge < -0.3 is 30.4 Å². The van der Waals surface area contributed by atoms with Crippen LogP contribution in [0.15, 0.2) is 30.3 Å². The molecule has 1 aromatic carbocycles. The molecule has 1 rings (SSSR count). The first-order chi connectivity index (χ1) is 10.5. The van der Waals surface area contributed by atoms with Crippen LogP contribution in [0.2, 0.25) is 0 Å². The number of aliphatic hydroxyl groups excluding tert-OH is 5. The minimum atomic E-state index is -1.59. The Labute approximate surface area is 131 Å². The summed E-state index contributed by atoms with van der Waals surface area (Å²) in [5, 5.41) is 47.9. The lowest BCUT2D eigenvalue weighted by molar-refractivity contribution is -0.112. The van der Waals surface area contributed by atoms with Gasteiger partial charge in [-0.3, -0.25) is 0 Å². The predicted molar refractivity (Wildman–Crippen MR) is 84.7 cm³/mol. The molecule has 0 bridgehead atoms. The fourth-order valence-electron chi connectivity index (χ4n) is 2.21. The van der Waals surface area contributed by atoms with Gasteiger partial charge in [-0.15, -0.1) is 0 Å². The molecule has 0 aromatic heterocycles. The SMILES string of the molecule is CCCCN(C[C@@H](O)[C@H](O)[C@@H](O)[C@@H](O)CO)c1ccccc1. The van der Waals surface area contributed by atoms with Crippen molar-refractivity contribution in [3.8, 4) is 0 Å². The molecule has 0 amide bonds. The largest absolute Gasteiger partial charge is 0.394 e. The molecule has 0 fully saturated rings. The van der Waals surface area contributed by atoms with Crippen LogP contribution in [-0.2, 0) is 0 Å². The zero-order valence-corrected chi connectivity index (χ0v) is 12.9. The van der Waals surface area contributed by atoms with Crippen molar-refractivity contribution in [1.82, 2.24) is 0 Å². The fourth-order valence-corrected chi connectivity index (χ4v) is 2.21. The summed E-state index contributed by atoms with van der Waals surface area (Å²) in [6.45, 7) is 2.22. The van der Waals surface area contributed by atoms with Gasteiger partial charge in [0.05, 0.1) is 12.7 Å². The second-order valence-electron chi connectivity index (χ2n) is 5.43. The molecule has 0 aliphatic heterocycles. The molecular formula is C16H27NO5. The molecule has 0 spiro atoms. The van der Waals surface area contributed by atoms with Gasteiger partial charge in [0.1, 0.15) is 18.3 Å². The van der Waals surface area contributed by atoms with Gasteiger partial charge in [0, 0.05) is 18.8 Å². The van der Waals surface area contributed by atoms with Crippen LogP contribution in [0.1, 0.15) is 19.8 Å². The first-order valence-electron chi connectivity index (χ1n) is 7.64. The minimum absolute atomic E-state index is 0.125. The molecule has 0 aliphatic carbocycles. The second kappa shape index (κ2) is 9.76. The lowest BCUT2D eigenvalue weighted by Crippen LogP contribution is -2.50. The highest BCUT2D eigenvalue weighted by atomic mass is 16.4. The third kappa shape index (κ3) is 5.55. The van der Waals surface area contributed by atoms with E-state index in [0.717, 1.165) is 18.5 Å². The monoisotopic (exact) mass is 313 g/mol. The zero-order chi connectivity index (χ0) is 16.5. The van der Waals surface area contributed by atoms with E-state index in [1.165, 1.54) is 0 Å². The van der Waals surface area contributed by atoms with Crippen LogP contribution < -0.4 is 4.90 Å². The maximum absolute atomic E-state index is 10.1. The minimum Gasteiger partial charge on any atom is -0.394 e. The molecular weight excluding hydrogens is 286 g/mol. The molecule has 1 aromatic rings. The number of aliphatic hydroxyl groups is 5. The quantitative estimate of drug-likeness (QED) is 0.407. The normalized spacial score (nSPS) is 16.8. The number of nitrogens with zero attached hydrogens (tertiary/aromatic N) is 1. The smallest absolute Gasteiger partial charge is 0.111 e. The van der Waals surface area contributed by atoms with Gasteiger partial charge in [-0.1, -0.05) is 31.5 Å². The van der Waals surface area contributed by atoms with Crippen LogP contribution in [-0.4, -0.2) is 69.6 Å². The molecule has 6 heteroatoms. The number of hydrogen-bond acceptors (Lipinski definition) is 6. The lowest BCUT2D eigenvalue weighted by atomic mass is 10.0. The molecule has 4 atom stereocenters. The highest BCUT2D eigenvalue weighted by Crippen LogP contribution is 2.16. The van der Waals surface area contributed by atoms with Gasteiger partial charge in [0.25, 0.3) is 0 Å². The van der Waals surface area contributed by atoms with E-state index in [2.05, 4.69) is 6.92 Å². The van der Waals surface area contributed by atoms with Crippen LogP contribution in [0, 0.1) is 0 Å². The van der Waals surface area contributed by atoms with Crippen molar-refractivity contribution < 1.29 is 25.5 Å². The summed E-state index contributed by atoms with van der Waals surface area (Å²) in [6.07, 6.45) is -3.93. The molecule has 0 saturated carbocycles. The van der Waals surface area contributed by atoms with Crippen molar-refractivity contribution in [2.45, 2.75) is 44.2 Å². The van der Waals surface area contributed by atoms with Crippen LogP contribution in [0.3, 0.4) is 0 Å². The summed E-state index contributed by atoms with van der Waals surface area (Å²) in [5.74, 6) is 0. The van der Waals surface area contributed by atoms with Gasteiger partial charge in [0.15, 0.2) is 0 Å².